The topological polar surface area (TPSA) is 67.5 Å². The highest BCUT2D eigenvalue weighted by Crippen LogP contribution is 2.06. The summed E-state index contributed by atoms with van der Waals surface area (Å²) in [5, 5.41) is 3.83. The fraction of sp³-hybridized carbons (Fsp3) is 0.714. The number of hydrazone groups is 1. The number of nitrogens with zero attached hydrogens (tertiary/aromatic N) is 1. The quantitative estimate of drug-likeness (QED) is 0.582. The predicted molar refractivity (Wildman–Crippen MR) is 43.0 cm³/mol. The lowest BCUT2D eigenvalue weighted by Gasteiger charge is -2.13. The number of nitrogens with two attached hydrogens (primary N) is 1. The second kappa shape index (κ2) is 3.00. The molecule has 0 aliphatic carbocycles. The third kappa shape index (κ3) is 1.77. The van der Waals surface area contributed by atoms with E-state index in [9.17, 15) is 4.79 Å². The van der Waals surface area contributed by atoms with Crippen LogP contribution in [0.3, 0.4) is 0 Å². The van der Waals surface area contributed by atoms with Crippen molar-refractivity contribution < 1.29 is 4.79 Å². The van der Waals surface area contributed by atoms with E-state index in [4.69, 9.17) is 5.73 Å². The van der Waals surface area contributed by atoms with Gasteiger partial charge in [0.15, 0.2) is 0 Å². The Bertz CT molecular complexity index is 198. The summed E-state index contributed by atoms with van der Waals surface area (Å²) >= 11 is 0. The predicted octanol–water partition coefficient (Wildman–Crippen LogP) is -0.154. The summed E-state index contributed by atoms with van der Waals surface area (Å²) < 4.78 is 0. The summed E-state index contributed by atoms with van der Waals surface area (Å²) in [4.78, 5) is 10.7. The molecule has 0 fully saturated rings. The largest absolute Gasteiger partial charge is 0.323 e. The maximum Gasteiger partial charge on any atom is 0.245 e. The van der Waals surface area contributed by atoms with Crippen molar-refractivity contribution in [3.8, 4) is 0 Å². The standard InChI is InChI=1S/C7H13N3O/c1-4(2)7(8)5-3-6(11)10-9-5/h4,7H,3,8H2,1-2H3,(H,10,11)/t7-/m0/s1. The molecule has 0 aromatic carbocycles. The van der Waals surface area contributed by atoms with Crippen molar-refractivity contribution >= 4 is 11.6 Å². The number of rotatable bonds is 2. The Morgan fingerprint density at radius 2 is 2.27 bits per heavy atom. The molecule has 0 bridgehead atoms. The third-order valence-electron chi connectivity index (χ3n) is 1.77. The normalized spacial score (nSPS) is 20.0. The van der Waals surface area contributed by atoms with E-state index >= 15 is 0 Å². The van der Waals surface area contributed by atoms with E-state index in [1.54, 1.807) is 0 Å². The first-order chi connectivity index (χ1) is 5.11. The molecule has 4 nitrogen and oxygen atoms in total. The van der Waals surface area contributed by atoms with Gasteiger partial charge in [0.05, 0.1) is 12.1 Å². The van der Waals surface area contributed by atoms with Crippen molar-refractivity contribution in [2.75, 3.05) is 0 Å². The fourth-order valence-electron chi connectivity index (χ4n) is 0.955. The summed E-state index contributed by atoms with van der Waals surface area (Å²) in [6.45, 7) is 4.02. The number of hydrogen-bond donors (Lipinski definition) is 2. The van der Waals surface area contributed by atoms with Crippen LogP contribution in [0.5, 0.6) is 0 Å². The third-order valence-corrected chi connectivity index (χ3v) is 1.77. The van der Waals surface area contributed by atoms with Crippen LogP contribution in [0, 0.1) is 5.92 Å². The summed E-state index contributed by atoms with van der Waals surface area (Å²) in [7, 11) is 0. The van der Waals surface area contributed by atoms with E-state index < -0.39 is 0 Å². The van der Waals surface area contributed by atoms with Crippen LogP contribution < -0.4 is 11.2 Å². The molecule has 62 valence electrons. The highest BCUT2D eigenvalue weighted by Gasteiger charge is 2.22. The smallest absolute Gasteiger partial charge is 0.245 e. The highest BCUT2D eigenvalue weighted by molar-refractivity contribution is 6.07. The minimum Gasteiger partial charge on any atom is -0.323 e. The Morgan fingerprint density at radius 1 is 1.64 bits per heavy atom. The fourth-order valence-corrected chi connectivity index (χ4v) is 0.955. The van der Waals surface area contributed by atoms with Gasteiger partial charge in [-0.05, 0) is 5.92 Å². The Balaban J connectivity index is 2.55. The lowest BCUT2D eigenvalue weighted by atomic mass is 9.99. The lowest BCUT2D eigenvalue weighted by Crippen LogP contribution is -2.34. The number of nitrogens with one attached hydrogen (secondary N) is 1. The number of amides is 1. The molecule has 1 amide bonds. The zero-order valence-corrected chi connectivity index (χ0v) is 6.79. The summed E-state index contributed by atoms with van der Waals surface area (Å²) in [6, 6.07) is -0.0889. The number of carbonyl (C=O) groups excluding carboxylic acids is 1. The van der Waals surface area contributed by atoms with Crippen molar-refractivity contribution in [3.05, 3.63) is 0 Å². The highest BCUT2D eigenvalue weighted by atomic mass is 16.2. The van der Waals surface area contributed by atoms with Crippen molar-refractivity contribution in [3.63, 3.8) is 0 Å². The molecule has 4 heteroatoms. The van der Waals surface area contributed by atoms with Gasteiger partial charge in [0.2, 0.25) is 5.91 Å². The van der Waals surface area contributed by atoms with E-state index in [-0.39, 0.29) is 11.9 Å². The molecule has 1 rings (SSSR count). The van der Waals surface area contributed by atoms with E-state index in [1.807, 2.05) is 13.8 Å². The van der Waals surface area contributed by atoms with E-state index in [0.29, 0.717) is 12.3 Å². The summed E-state index contributed by atoms with van der Waals surface area (Å²) in [5.74, 6) is 0.276. The Kier molecular flexibility index (Phi) is 2.24. The Hall–Kier alpha value is -0.900. The van der Waals surface area contributed by atoms with Gasteiger partial charge in [0.1, 0.15) is 0 Å². The molecule has 1 aliphatic heterocycles. The second-order valence-corrected chi connectivity index (χ2v) is 3.08. The molecule has 0 saturated carbocycles. The van der Waals surface area contributed by atoms with E-state index in [2.05, 4.69) is 10.5 Å². The first-order valence-corrected chi connectivity index (χ1v) is 3.72. The van der Waals surface area contributed by atoms with Crippen LogP contribution in [-0.4, -0.2) is 17.7 Å². The van der Waals surface area contributed by atoms with Gasteiger partial charge in [-0.25, -0.2) is 5.43 Å². The number of carbonyl (C=O) groups is 1. The van der Waals surface area contributed by atoms with Gasteiger partial charge in [-0.15, -0.1) is 0 Å². The minimum absolute atomic E-state index is 0.0592. The van der Waals surface area contributed by atoms with Crippen LogP contribution in [0.4, 0.5) is 0 Å². The van der Waals surface area contributed by atoms with Crippen LogP contribution >= 0.6 is 0 Å². The molecule has 3 N–H and O–H groups in total. The minimum atomic E-state index is -0.0889. The summed E-state index contributed by atoms with van der Waals surface area (Å²) in [5.41, 5.74) is 8.90. The van der Waals surface area contributed by atoms with Crippen molar-refractivity contribution in [2.24, 2.45) is 16.8 Å². The van der Waals surface area contributed by atoms with Crippen LogP contribution in [0.2, 0.25) is 0 Å². The van der Waals surface area contributed by atoms with Crippen LogP contribution in [0.25, 0.3) is 0 Å². The molecule has 0 saturated heterocycles. The van der Waals surface area contributed by atoms with Gasteiger partial charge in [0, 0.05) is 6.04 Å². The van der Waals surface area contributed by atoms with Gasteiger partial charge in [-0.2, -0.15) is 5.10 Å². The summed E-state index contributed by atoms with van der Waals surface area (Å²) in [6.07, 6.45) is 0.360. The van der Waals surface area contributed by atoms with Crippen molar-refractivity contribution in [2.45, 2.75) is 26.3 Å². The van der Waals surface area contributed by atoms with Crippen LogP contribution in [0.1, 0.15) is 20.3 Å². The first kappa shape index (κ1) is 8.20. The molecule has 11 heavy (non-hydrogen) atoms. The molecular formula is C7H13N3O. The number of hydrogen-bond acceptors (Lipinski definition) is 3. The first-order valence-electron chi connectivity index (χ1n) is 3.72. The van der Waals surface area contributed by atoms with Crippen molar-refractivity contribution in [1.82, 2.24) is 5.43 Å². The molecular weight excluding hydrogens is 142 g/mol. The maximum absolute atomic E-state index is 10.7. The zero-order valence-electron chi connectivity index (χ0n) is 6.79. The average Bonchev–Trinajstić information content (AvgIpc) is 2.34. The monoisotopic (exact) mass is 155 g/mol. The molecule has 1 aliphatic rings. The van der Waals surface area contributed by atoms with Gasteiger partial charge in [-0.1, -0.05) is 13.8 Å². The molecule has 0 spiro atoms. The van der Waals surface area contributed by atoms with E-state index in [1.165, 1.54) is 0 Å². The molecule has 0 radical (unpaired) electrons. The Labute approximate surface area is 65.8 Å². The SMILES string of the molecule is CC(C)[C@H](N)C1=NNC(=O)C1. The van der Waals surface area contributed by atoms with Gasteiger partial charge >= 0.3 is 0 Å². The van der Waals surface area contributed by atoms with Gasteiger partial charge in [0.25, 0.3) is 0 Å². The maximum atomic E-state index is 10.7. The van der Waals surface area contributed by atoms with Gasteiger partial charge in [-0.3, -0.25) is 4.79 Å². The molecule has 0 aromatic heterocycles. The van der Waals surface area contributed by atoms with E-state index in [0.717, 1.165) is 5.71 Å². The zero-order chi connectivity index (χ0) is 8.43. The van der Waals surface area contributed by atoms with Crippen molar-refractivity contribution in [1.29, 1.82) is 0 Å². The Morgan fingerprint density at radius 3 is 2.64 bits per heavy atom. The van der Waals surface area contributed by atoms with Crippen LogP contribution in [-0.2, 0) is 4.79 Å². The average molecular weight is 155 g/mol. The lowest BCUT2D eigenvalue weighted by molar-refractivity contribution is -0.119. The van der Waals surface area contributed by atoms with Crippen LogP contribution in [0.15, 0.2) is 5.10 Å². The van der Waals surface area contributed by atoms with Gasteiger partial charge < -0.3 is 5.73 Å². The molecule has 0 aromatic rings. The molecule has 1 heterocycles. The second-order valence-electron chi connectivity index (χ2n) is 3.08. The molecule has 0 unspecified atom stereocenters. The molecule has 1 atom stereocenters.